The van der Waals surface area contributed by atoms with Gasteiger partial charge in [-0.2, -0.15) is 0 Å². The molecule has 0 heterocycles. The van der Waals surface area contributed by atoms with Crippen LogP contribution in [0.25, 0.3) is 5.57 Å². The van der Waals surface area contributed by atoms with Crippen molar-refractivity contribution in [2.24, 2.45) is 0 Å². The van der Waals surface area contributed by atoms with Crippen molar-refractivity contribution in [1.29, 1.82) is 0 Å². The van der Waals surface area contributed by atoms with Crippen LogP contribution in [0.15, 0.2) is 30.3 Å². The van der Waals surface area contributed by atoms with Crippen LogP contribution >= 0.6 is 0 Å². The van der Waals surface area contributed by atoms with Gasteiger partial charge in [0.05, 0.1) is 17.6 Å². The monoisotopic (exact) mass is 263 g/mol. The Morgan fingerprint density at radius 3 is 2.47 bits per heavy atom. The summed E-state index contributed by atoms with van der Waals surface area (Å²) in [5, 5.41) is 10.6. The Bertz CT molecular complexity index is 477. The Hall–Kier alpha value is -2.17. The molecule has 5 heteroatoms. The Balaban J connectivity index is 3.00. The van der Waals surface area contributed by atoms with Crippen molar-refractivity contribution in [2.75, 3.05) is 7.11 Å². The largest absolute Gasteiger partial charge is 0.465 e. The number of benzene rings is 1. The second kappa shape index (κ2) is 7.31. The van der Waals surface area contributed by atoms with Crippen LogP contribution in [0, 0.1) is 10.1 Å². The van der Waals surface area contributed by atoms with Gasteiger partial charge in [0.1, 0.15) is 0 Å². The minimum Gasteiger partial charge on any atom is -0.465 e. The van der Waals surface area contributed by atoms with Crippen LogP contribution in [0.2, 0.25) is 0 Å². The van der Waals surface area contributed by atoms with Crippen LogP contribution in [0.5, 0.6) is 0 Å². The number of non-ortho nitro benzene ring substituents is 1. The highest BCUT2D eigenvalue weighted by Crippen LogP contribution is 2.21. The molecule has 0 bridgehead atoms. The number of methoxy groups -OCH3 is 1. The Kier molecular flexibility index (Phi) is 5.73. The zero-order chi connectivity index (χ0) is 14.3. The van der Waals surface area contributed by atoms with Gasteiger partial charge in [-0.05, 0) is 24.1 Å². The fourth-order valence-electron chi connectivity index (χ4n) is 1.64. The van der Waals surface area contributed by atoms with E-state index in [0.717, 1.165) is 19.3 Å². The van der Waals surface area contributed by atoms with E-state index in [4.69, 9.17) is 4.74 Å². The summed E-state index contributed by atoms with van der Waals surface area (Å²) in [6, 6.07) is 5.89. The highest BCUT2D eigenvalue weighted by molar-refractivity contribution is 6.16. The third kappa shape index (κ3) is 4.21. The molecule has 0 fully saturated rings. The number of ether oxygens (including phenoxy) is 1. The number of unbranched alkanes of at least 4 members (excludes halogenated alkanes) is 2. The first-order chi connectivity index (χ1) is 9.10. The molecule has 0 aliphatic heterocycles. The molecule has 0 spiro atoms. The number of hydrogen-bond donors (Lipinski definition) is 0. The van der Waals surface area contributed by atoms with Crippen molar-refractivity contribution in [1.82, 2.24) is 0 Å². The van der Waals surface area contributed by atoms with Gasteiger partial charge < -0.3 is 4.74 Å². The van der Waals surface area contributed by atoms with Gasteiger partial charge in [-0.3, -0.25) is 10.1 Å². The predicted octanol–water partition coefficient (Wildman–Crippen LogP) is 3.34. The molecule has 19 heavy (non-hydrogen) atoms. The highest BCUT2D eigenvalue weighted by Gasteiger charge is 2.13. The Morgan fingerprint density at radius 2 is 2.00 bits per heavy atom. The summed E-state index contributed by atoms with van der Waals surface area (Å²) in [6.07, 6.45) is 4.60. The van der Waals surface area contributed by atoms with Gasteiger partial charge in [0.2, 0.25) is 0 Å². The Morgan fingerprint density at radius 1 is 1.37 bits per heavy atom. The fraction of sp³-hybridized carbons (Fsp3) is 0.357. The number of carbonyl (C=O) groups is 1. The summed E-state index contributed by atoms with van der Waals surface area (Å²) in [6.45, 7) is 2.07. The quantitative estimate of drug-likeness (QED) is 0.259. The maximum atomic E-state index is 11.7. The van der Waals surface area contributed by atoms with Crippen LogP contribution in [0.1, 0.15) is 31.7 Å². The summed E-state index contributed by atoms with van der Waals surface area (Å²) in [5.41, 5.74) is 1.08. The standard InChI is InChI=1S/C14H17NO4/c1-3-4-5-6-13(14(16)19-2)11-7-9-12(10-8-11)15(17)18/h6-10H,3-5H2,1-2H3/b13-6+. The number of hydrogen-bond acceptors (Lipinski definition) is 4. The molecule has 0 radical (unpaired) electrons. The molecule has 0 atom stereocenters. The average molecular weight is 263 g/mol. The fourth-order valence-corrected chi connectivity index (χ4v) is 1.64. The first kappa shape index (κ1) is 14.9. The van der Waals surface area contributed by atoms with Crippen molar-refractivity contribution in [2.45, 2.75) is 26.2 Å². The number of allylic oxidation sites excluding steroid dienone is 1. The van der Waals surface area contributed by atoms with E-state index in [1.54, 1.807) is 12.1 Å². The zero-order valence-corrected chi connectivity index (χ0v) is 11.1. The molecule has 0 amide bonds. The number of rotatable bonds is 6. The van der Waals surface area contributed by atoms with E-state index < -0.39 is 10.9 Å². The smallest absolute Gasteiger partial charge is 0.338 e. The van der Waals surface area contributed by atoms with E-state index >= 15 is 0 Å². The van der Waals surface area contributed by atoms with Gasteiger partial charge in [0.25, 0.3) is 5.69 Å². The SMILES string of the molecule is CCCC/C=C(/C(=O)OC)c1ccc([N+](=O)[O-])cc1. The van der Waals surface area contributed by atoms with E-state index in [1.165, 1.54) is 19.2 Å². The zero-order valence-electron chi connectivity index (χ0n) is 11.1. The first-order valence-corrected chi connectivity index (χ1v) is 6.13. The third-order valence-corrected chi connectivity index (χ3v) is 2.70. The molecule has 0 unspecified atom stereocenters. The molecule has 5 nitrogen and oxygen atoms in total. The lowest BCUT2D eigenvalue weighted by Gasteiger charge is -2.05. The maximum Gasteiger partial charge on any atom is 0.338 e. The second-order valence-corrected chi connectivity index (χ2v) is 4.06. The lowest BCUT2D eigenvalue weighted by molar-refractivity contribution is -0.384. The molecule has 0 aliphatic carbocycles. The van der Waals surface area contributed by atoms with Gasteiger partial charge in [-0.25, -0.2) is 4.79 Å². The summed E-state index contributed by atoms with van der Waals surface area (Å²) in [4.78, 5) is 21.8. The third-order valence-electron chi connectivity index (χ3n) is 2.70. The van der Waals surface area contributed by atoms with Crippen molar-refractivity contribution in [3.8, 4) is 0 Å². The van der Waals surface area contributed by atoms with E-state index in [2.05, 4.69) is 6.92 Å². The normalized spacial score (nSPS) is 11.2. The van der Waals surface area contributed by atoms with Gasteiger partial charge in [-0.15, -0.1) is 0 Å². The molecular formula is C14H17NO4. The number of esters is 1. The van der Waals surface area contributed by atoms with Crippen LogP contribution in [0.4, 0.5) is 5.69 Å². The van der Waals surface area contributed by atoms with Crippen LogP contribution in [0.3, 0.4) is 0 Å². The average Bonchev–Trinajstić information content (AvgIpc) is 2.43. The minimum atomic E-state index is -0.470. The molecule has 0 N–H and O–H groups in total. The number of nitro groups is 1. The summed E-state index contributed by atoms with van der Waals surface area (Å²) in [7, 11) is 1.32. The number of nitrogens with zero attached hydrogens (tertiary/aromatic N) is 1. The molecular weight excluding hydrogens is 246 g/mol. The molecule has 0 saturated carbocycles. The number of nitro benzene ring substituents is 1. The maximum absolute atomic E-state index is 11.7. The van der Waals surface area contributed by atoms with Gasteiger partial charge in [0.15, 0.2) is 0 Å². The molecule has 1 aromatic rings. The van der Waals surface area contributed by atoms with Crippen molar-refractivity contribution in [3.63, 3.8) is 0 Å². The van der Waals surface area contributed by atoms with Crippen LogP contribution < -0.4 is 0 Å². The summed E-state index contributed by atoms with van der Waals surface area (Å²) >= 11 is 0. The topological polar surface area (TPSA) is 69.4 Å². The van der Waals surface area contributed by atoms with E-state index in [0.29, 0.717) is 11.1 Å². The van der Waals surface area contributed by atoms with Crippen molar-refractivity contribution in [3.05, 3.63) is 46.0 Å². The highest BCUT2D eigenvalue weighted by atomic mass is 16.6. The van der Waals surface area contributed by atoms with E-state index in [9.17, 15) is 14.9 Å². The summed E-state index contributed by atoms with van der Waals surface area (Å²) in [5.74, 6) is -0.426. The second-order valence-electron chi connectivity index (χ2n) is 4.06. The lowest BCUT2D eigenvalue weighted by Crippen LogP contribution is -2.04. The molecule has 102 valence electrons. The molecule has 0 aromatic heterocycles. The minimum absolute atomic E-state index is 0.00141. The lowest BCUT2D eigenvalue weighted by atomic mass is 10.0. The van der Waals surface area contributed by atoms with Crippen molar-refractivity contribution >= 4 is 17.2 Å². The van der Waals surface area contributed by atoms with E-state index in [-0.39, 0.29) is 5.69 Å². The predicted molar refractivity (Wildman–Crippen MR) is 72.6 cm³/mol. The van der Waals surface area contributed by atoms with E-state index in [1.807, 2.05) is 6.08 Å². The number of carbonyl (C=O) groups excluding carboxylic acids is 1. The van der Waals surface area contributed by atoms with Crippen molar-refractivity contribution < 1.29 is 14.5 Å². The molecule has 0 saturated heterocycles. The van der Waals surface area contributed by atoms with Crippen LogP contribution in [-0.2, 0) is 9.53 Å². The molecule has 0 aliphatic rings. The van der Waals surface area contributed by atoms with Gasteiger partial charge >= 0.3 is 5.97 Å². The van der Waals surface area contributed by atoms with Gasteiger partial charge in [-0.1, -0.05) is 25.8 Å². The van der Waals surface area contributed by atoms with Gasteiger partial charge in [0, 0.05) is 12.1 Å². The molecule has 1 rings (SSSR count). The van der Waals surface area contributed by atoms with Crippen LogP contribution in [-0.4, -0.2) is 18.0 Å². The first-order valence-electron chi connectivity index (χ1n) is 6.13. The molecule has 1 aromatic carbocycles. The Labute approximate surface area is 112 Å². The summed E-state index contributed by atoms with van der Waals surface area (Å²) < 4.78 is 4.73.